The van der Waals surface area contributed by atoms with Crippen LogP contribution in [0.25, 0.3) is 5.69 Å². The third-order valence-corrected chi connectivity index (χ3v) is 3.24. The topological polar surface area (TPSA) is 101 Å². The van der Waals surface area contributed by atoms with Crippen LogP contribution in [0.5, 0.6) is 0 Å². The summed E-state index contributed by atoms with van der Waals surface area (Å²) < 4.78 is 3.50. The van der Waals surface area contributed by atoms with E-state index in [1.54, 1.807) is 24.3 Å². The predicted molar refractivity (Wildman–Crippen MR) is 77.8 cm³/mol. The van der Waals surface area contributed by atoms with E-state index in [9.17, 15) is 14.7 Å². The van der Waals surface area contributed by atoms with Crippen molar-refractivity contribution in [3.8, 4) is 5.69 Å². The highest BCUT2D eigenvalue weighted by Gasteiger charge is 2.12. The highest BCUT2D eigenvalue weighted by molar-refractivity contribution is 5.51. The number of aliphatic hydroxyl groups is 2. The summed E-state index contributed by atoms with van der Waals surface area (Å²) in [4.78, 5) is 24.1. The summed E-state index contributed by atoms with van der Waals surface area (Å²) in [7, 11) is 3.03. The minimum Gasteiger partial charge on any atom is -0.394 e. The Hall–Kier alpha value is -2.32. The van der Waals surface area contributed by atoms with Crippen molar-refractivity contribution in [3.05, 3.63) is 45.2 Å². The van der Waals surface area contributed by atoms with Gasteiger partial charge in [0.1, 0.15) is 0 Å². The molecule has 0 spiro atoms. The Kier molecular flexibility index (Phi) is 4.29. The van der Waals surface area contributed by atoms with Crippen LogP contribution in [0.1, 0.15) is 0 Å². The van der Waals surface area contributed by atoms with E-state index in [1.807, 2.05) is 0 Å². The average molecular weight is 294 g/mol. The maximum atomic E-state index is 12.0. The van der Waals surface area contributed by atoms with Crippen molar-refractivity contribution < 1.29 is 10.2 Å². The van der Waals surface area contributed by atoms with E-state index in [-0.39, 0.29) is 13.2 Å². The first-order valence-electron chi connectivity index (χ1n) is 6.44. The minimum absolute atomic E-state index is 0.168. The summed E-state index contributed by atoms with van der Waals surface area (Å²) >= 11 is 0. The Morgan fingerprint density at radius 2 is 1.81 bits per heavy atom. The third-order valence-electron chi connectivity index (χ3n) is 3.24. The molecule has 0 aliphatic carbocycles. The molecule has 1 atom stereocenters. The zero-order valence-electron chi connectivity index (χ0n) is 11.9. The minimum atomic E-state index is -0.874. The van der Waals surface area contributed by atoms with Crippen molar-refractivity contribution in [3.63, 3.8) is 0 Å². The Morgan fingerprint density at radius 1 is 1.19 bits per heavy atom. The van der Waals surface area contributed by atoms with Crippen LogP contribution in [0.4, 0.5) is 5.69 Å². The van der Waals surface area contributed by atoms with E-state index in [4.69, 9.17) is 5.11 Å². The zero-order valence-corrected chi connectivity index (χ0v) is 11.9. The summed E-state index contributed by atoms with van der Waals surface area (Å²) in [6.45, 7) is -0.174. The van der Waals surface area contributed by atoms with Gasteiger partial charge in [0.05, 0.1) is 18.4 Å². The van der Waals surface area contributed by atoms with Gasteiger partial charge in [-0.1, -0.05) is 6.07 Å². The van der Waals surface area contributed by atoms with Gasteiger partial charge in [0.25, 0.3) is 0 Å². The number of nitrogens with zero attached hydrogens (tertiary/aromatic N) is 3. The lowest BCUT2D eigenvalue weighted by molar-refractivity contribution is 0.105. The third kappa shape index (κ3) is 2.91. The van der Waals surface area contributed by atoms with E-state index >= 15 is 0 Å². The van der Waals surface area contributed by atoms with E-state index in [0.29, 0.717) is 11.4 Å². The molecule has 8 nitrogen and oxygen atoms in total. The van der Waals surface area contributed by atoms with Crippen molar-refractivity contribution in [1.82, 2.24) is 13.9 Å². The summed E-state index contributed by atoms with van der Waals surface area (Å²) in [6.07, 6.45) is -0.874. The number of benzene rings is 1. The van der Waals surface area contributed by atoms with Gasteiger partial charge >= 0.3 is 11.4 Å². The van der Waals surface area contributed by atoms with Gasteiger partial charge in [0.2, 0.25) is 0 Å². The lowest BCUT2D eigenvalue weighted by Gasteiger charge is -2.11. The van der Waals surface area contributed by atoms with Gasteiger partial charge in [-0.2, -0.15) is 0 Å². The molecule has 0 bridgehead atoms. The van der Waals surface area contributed by atoms with Crippen LogP contribution in [-0.2, 0) is 14.1 Å². The number of anilines is 1. The maximum Gasteiger partial charge on any atom is 0.351 e. The van der Waals surface area contributed by atoms with Crippen LogP contribution in [0.15, 0.2) is 33.9 Å². The molecule has 3 N–H and O–H groups in total. The largest absolute Gasteiger partial charge is 0.394 e. The molecule has 0 radical (unpaired) electrons. The van der Waals surface area contributed by atoms with Crippen molar-refractivity contribution in [2.24, 2.45) is 14.1 Å². The molecule has 0 saturated carbocycles. The summed E-state index contributed by atoms with van der Waals surface area (Å²) in [5.41, 5.74) is 0.201. The monoisotopic (exact) mass is 294 g/mol. The molecule has 1 aromatic carbocycles. The molecule has 2 aromatic rings. The number of aliphatic hydroxyl groups excluding tert-OH is 2. The molecular formula is C13H18N4O4. The molecular weight excluding hydrogens is 276 g/mol. The van der Waals surface area contributed by atoms with Crippen LogP contribution in [0.3, 0.4) is 0 Å². The Labute approximate surface area is 120 Å². The number of nitrogens with one attached hydrogen (secondary N) is 1. The first-order chi connectivity index (χ1) is 9.95. The molecule has 2 rings (SSSR count). The fourth-order valence-electron chi connectivity index (χ4n) is 1.90. The number of hydrogen-bond acceptors (Lipinski definition) is 5. The second-order valence-corrected chi connectivity index (χ2v) is 4.72. The molecule has 1 aromatic heterocycles. The first-order valence-corrected chi connectivity index (χ1v) is 6.44. The fraction of sp³-hybridized carbons (Fsp3) is 0.385. The summed E-state index contributed by atoms with van der Waals surface area (Å²) in [5, 5.41) is 21.0. The molecule has 0 fully saturated rings. The van der Waals surface area contributed by atoms with Crippen LogP contribution in [-0.4, -0.2) is 43.4 Å². The van der Waals surface area contributed by atoms with E-state index in [2.05, 4.69) is 5.32 Å². The van der Waals surface area contributed by atoms with Gasteiger partial charge in [-0.3, -0.25) is 0 Å². The molecule has 0 saturated heterocycles. The highest BCUT2D eigenvalue weighted by atomic mass is 16.3. The Bertz CT molecular complexity index is 710. The van der Waals surface area contributed by atoms with Gasteiger partial charge in [-0.05, 0) is 18.2 Å². The molecule has 8 heteroatoms. The number of aromatic nitrogens is 3. The van der Waals surface area contributed by atoms with Crippen LogP contribution in [0, 0.1) is 0 Å². The van der Waals surface area contributed by atoms with Crippen molar-refractivity contribution in [2.75, 3.05) is 18.5 Å². The molecule has 1 unspecified atom stereocenters. The molecule has 21 heavy (non-hydrogen) atoms. The van der Waals surface area contributed by atoms with Gasteiger partial charge < -0.3 is 15.5 Å². The summed E-state index contributed by atoms with van der Waals surface area (Å²) in [5.74, 6) is 0. The van der Waals surface area contributed by atoms with E-state index < -0.39 is 17.5 Å². The quantitative estimate of drug-likeness (QED) is 0.632. The Morgan fingerprint density at radius 3 is 2.38 bits per heavy atom. The van der Waals surface area contributed by atoms with Crippen LogP contribution in [0.2, 0.25) is 0 Å². The number of hydrogen-bond donors (Lipinski definition) is 3. The van der Waals surface area contributed by atoms with Gasteiger partial charge in [0.15, 0.2) is 0 Å². The second-order valence-electron chi connectivity index (χ2n) is 4.72. The average Bonchev–Trinajstić information content (AvgIpc) is 2.69. The normalized spacial score (nSPS) is 12.4. The van der Waals surface area contributed by atoms with E-state index in [1.165, 1.54) is 23.5 Å². The van der Waals surface area contributed by atoms with Crippen LogP contribution < -0.4 is 16.7 Å². The molecule has 0 aliphatic rings. The SMILES string of the molecule is Cn1c(=O)n(-c2cccc(NCC(O)CO)c2)c(=O)n1C. The lowest BCUT2D eigenvalue weighted by atomic mass is 10.2. The van der Waals surface area contributed by atoms with Gasteiger partial charge in [-0.25, -0.2) is 23.5 Å². The summed E-state index contributed by atoms with van der Waals surface area (Å²) in [6, 6.07) is 6.72. The van der Waals surface area contributed by atoms with E-state index in [0.717, 1.165) is 4.57 Å². The Balaban J connectivity index is 2.36. The van der Waals surface area contributed by atoms with Gasteiger partial charge in [-0.15, -0.1) is 0 Å². The fourth-order valence-corrected chi connectivity index (χ4v) is 1.90. The second kappa shape index (κ2) is 5.98. The molecule has 1 heterocycles. The smallest absolute Gasteiger partial charge is 0.351 e. The first kappa shape index (κ1) is 15.1. The highest BCUT2D eigenvalue weighted by Crippen LogP contribution is 2.12. The van der Waals surface area contributed by atoms with Gasteiger partial charge in [0, 0.05) is 26.3 Å². The maximum absolute atomic E-state index is 12.0. The lowest BCUT2D eigenvalue weighted by Crippen LogP contribution is -2.27. The number of rotatable bonds is 5. The molecule has 114 valence electrons. The standard InChI is InChI=1S/C13H18N4O4/c1-15-12(20)17(13(21)16(15)2)10-5-3-4-9(6-10)14-7-11(19)8-18/h3-6,11,14,18-19H,7-8H2,1-2H3. The molecule has 0 aliphatic heterocycles. The van der Waals surface area contributed by atoms with Crippen molar-refractivity contribution in [1.29, 1.82) is 0 Å². The van der Waals surface area contributed by atoms with Crippen molar-refractivity contribution >= 4 is 5.69 Å². The van der Waals surface area contributed by atoms with Crippen LogP contribution >= 0.6 is 0 Å². The van der Waals surface area contributed by atoms with Crippen molar-refractivity contribution in [2.45, 2.75) is 6.10 Å². The molecule has 0 amide bonds. The predicted octanol–water partition coefficient (Wildman–Crippen LogP) is -1.36. The zero-order chi connectivity index (χ0) is 15.6.